The van der Waals surface area contributed by atoms with Gasteiger partial charge in [0.2, 0.25) is 5.91 Å². The minimum absolute atomic E-state index is 0.156. The highest BCUT2D eigenvalue weighted by molar-refractivity contribution is 5.75. The van der Waals surface area contributed by atoms with Crippen molar-refractivity contribution in [2.75, 3.05) is 19.7 Å². The number of carbonyl (C=O) groups is 1. The summed E-state index contributed by atoms with van der Waals surface area (Å²) in [6, 6.07) is 0. The van der Waals surface area contributed by atoms with Gasteiger partial charge in [0.05, 0.1) is 6.10 Å². The van der Waals surface area contributed by atoms with E-state index in [1.165, 1.54) is 0 Å². The zero-order chi connectivity index (χ0) is 13.8. The summed E-state index contributed by atoms with van der Waals surface area (Å²) in [6.07, 6.45) is 4.82. The number of carbonyl (C=O) groups excluding carboxylic acids is 1. The molecule has 0 saturated heterocycles. The summed E-state index contributed by atoms with van der Waals surface area (Å²) >= 11 is 0. The molecule has 3 N–H and O–H groups in total. The summed E-state index contributed by atoms with van der Waals surface area (Å²) in [6.45, 7) is 8.45. The second-order valence-electron chi connectivity index (χ2n) is 5.20. The van der Waals surface area contributed by atoms with Gasteiger partial charge in [-0.25, -0.2) is 0 Å². The first-order valence-electron chi connectivity index (χ1n) is 7.14. The van der Waals surface area contributed by atoms with Crippen molar-refractivity contribution < 1.29 is 9.53 Å². The zero-order valence-corrected chi connectivity index (χ0v) is 12.2. The summed E-state index contributed by atoms with van der Waals surface area (Å²) in [4.78, 5) is 11.5. The van der Waals surface area contributed by atoms with E-state index >= 15 is 0 Å². The van der Waals surface area contributed by atoms with Crippen LogP contribution < -0.4 is 11.1 Å². The molecule has 4 heteroatoms. The van der Waals surface area contributed by atoms with E-state index in [0.29, 0.717) is 25.0 Å². The number of ether oxygens (including phenoxy) is 1. The highest BCUT2D eigenvalue weighted by Crippen LogP contribution is 2.08. The van der Waals surface area contributed by atoms with Gasteiger partial charge in [-0.05, 0) is 52.0 Å². The maximum absolute atomic E-state index is 11.5. The molecule has 0 heterocycles. The number of unbranched alkanes of at least 4 members (excludes halogenated alkanes) is 1. The Bertz CT molecular complexity index is 208. The van der Waals surface area contributed by atoms with Crippen LogP contribution in [0.2, 0.25) is 0 Å². The normalized spacial score (nSPS) is 12.7. The zero-order valence-electron chi connectivity index (χ0n) is 12.2. The quantitative estimate of drug-likeness (QED) is 0.558. The third-order valence-electron chi connectivity index (χ3n) is 2.87. The summed E-state index contributed by atoms with van der Waals surface area (Å²) < 4.78 is 5.43. The number of nitrogens with two attached hydrogens (primary N) is 1. The standard InChI is InChI=1S/C14H30N2O2/c1-12(2)18-11-5-4-10-16-14(17)7-6-13(3)8-9-15/h12-13H,4-11,15H2,1-3H3,(H,16,17). The van der Waals surface area contributed by atoms with E-state index in [1.54, 1.807) is 0 Å². The van der Waals surface area contributed by atoms with Crippen molar-refractivity contribution in [2.24, 2.45) is 11.7 Å². The molecule has 1 unspecified atom stereocenters. The van der Waals surface area contributed by atoms with Crippen LogP contribution >= 0.6 is 0 Å². The predicted molar refractivity (Wildman–Crippen MR) is 75.4 cm³/mol. The van der Waals surface area contributed by atoms with Gasteiger partial charge in [-0.1, -0.05) is 6.92 Å². The Morgan fingerprint density at radius 2 is 1.94 bits per heavy atom. The van der Waals surface area contributed by atoms with Crippen LogP contribution in [-0.2, 0) is 9.53 Å². The first kappa shape index (κ1) is 17.4. The predicted octanol–water partition coefficient (Wildman–Crippen LogP) is 2.07. The van der Waals surface area contributed by atoms with Crippen molar-refractivity contribution in [3.63, 3.8) is 0 Å². The lowest BCUT2D eigenvalue weighted by Crippen LogP contribution is -2.25. The molecule has 0 aromatic rings. The molecule has 4 nitrogen and oxygen atoms in total. The molecule has 0 fully saturated rings. The van der Waals surface area contributed by atoms with Crippen LogP contribution in [-0.4, -0.2) is 31.7 Å². The molecule has 0 saturated carbocycles. The van der Waals surface area contributed by atoms with Gasteiger partial charge in [0.15, 0.2) is 0 Å². The molecule has 0 aromatic carbocycles. The van der Waals surface area contributed by atoms with Crippen LogP contribution in [0, 0.1) is 5.92 Å². The monoisotopic (exact) mass is 258 g/mol. The molecule has 0 aliphatic heterocycles. The van der Waals surface area contributed by atoms with E-state index in [2.05, 4.69) is 12.2 Å². The Labute approximate surface area is 112 Å². The molecule has 0 bridgehead atoms. The second kappa shape index (κ2) is 11.5. The van der Waals surface area contributed by atoms with E-state index < -0.39 is 0 Å². The van der Waals surface area contributed by atoms with Gasteiger partial charge in [-0.3, -0.25) is 4.79 Å². The molecule has 0 aliphatic rings. The first-order valence-corrected chi connectivity index (χ1v) is 7.14. The minimum atomic E-state index is 0.156. The molecule has 1 atom stereocenters. The third-order valence-corrected chi connectivity index (χ3v) is 2.87. The maximum Gasteiger partial charge on any atom is 0.220 e. The lowest BCUT2D eigenvalue weighted by molar-refractivity contribution is -0.121. The van der Waals surface area contributed by atoms with E-state index in [0.717, 1.165) is 38.8 Å². The molecular formula is C14H30N2O2. The molecule has 1 amide bonds. The van der Waals surface area contributed by atoms with Crippen molar-refractivity contribution in [1.82, 2.24) is 5.32 Å². The second-order valence-corrected chi connectivity index (χ2v) is 5.20. The number of hydrogen-bond acceptors (Lipinski definition) is 3. The number of hydrogen-bond donors (Lipinski definition) is 2. The Hall–Kier alpha value is -0.610. The summed E-state index contributed by atoms with van der Waals surface area (Å²) in [5.74, 6) is 0.698. The average molecular weight is 258 g/mol. The smallest absolute Gasteiger partial charge is 0.220 e. The van der Waals surface area contributed by atoms with Crippen LogP contribution in [0.3, 0.4) is 0 Å². The van der Waals surface area contributed by atoms with E-state index in [-0.39, 0.29) is 5.91 Å². The van der Waals surface area contributed by atoms with Gasteiger partial charge < -0.3 is 15.8 Å². The van der Waals surface area contributed by atoms with Gasteiger partial charge in [0.25, 0.3) is 0 Å². The Kier molecular flexibility index (Phi) is 11.1. The molecule has 0 aromatic heterocycles. The van der Waals surface area contributed by atoms with E-state index in [9.17, 15) is 4.79 Å². The van der Waals surface area contributed by atoms with E-state index in [4.69, 9.17) is 10.5 Å². The molecule has 0 aliphatic carbocycles. The van der Waals surface area contributed by atoms with Crippen LogP contribution in [0.4, 0.5) is 0 Å². The summed E-state index contributed by atoms with van der Waals surface area (Å²) in [7, 11) is 0. The van der Waals surface area contributed by atoms with Crippen molar-refractivity contribution in [2.45, 2.75) is 59.0 Å². The van der Waals surface area contributed by atoms with Crippen molar-refractivity contribution in [3.05, 3.63) is 0 Å². The summed E-state index contributed by atoms with van der Waals surface area (Å²) in [5.41, 5.74) is 5.47. The number of amides is 1. The maximum atomic E-state index is 11.5. The Balaban J connectivity index is 3.32. The fourth-order valence-electron chi connectivity index (χ4n) is 1.67. The van der Waals surface area contributed by atoms with Gasteiger partial charge in [0, 0.05) is 19.6 Å². The average Bonchev–Trinajstić information content (AvgIpc) is 2.31. The molecule has 108 valence electrons. The Morgan fingerprint density at radius 1 is 1.22 bits per heavy atom. The Morgan fingerprint density at radius 3 is 2.56 bits per heavy atom. The van der Waals surface area contributed by atoms with Crippen LogP contribution in [0.5, 0.6) is 0 Å². The molecule has 0 radical (unpaired) electrons. The number of rotatable bonds is 11. The topological polar surface area (TPSA) is 64.4 Å². The molecule has 0 spiro atoms. The fraction of sp³-hybridized carbons (Fsp3) is 0.929. The highest BCUT2D eigenvalue weighted by Gasteiger charge is 2.05. The van der Waals surface area contributed by atoms with Gasteiger partial charge >= 0.3 is 0 Å². The van der Waals surface area contributed by atoms with Crippen molar-refractivity contribution in [3.8, 4) is 0 Å². The third kappa shape index (κ3) is 11.9. The van der Waals surface area contributed by atoms with Crippen molar-refractivity contribution in [1.29, 1.82) is 0 Å². The minimum Gasteiger partial charge on any atom is -0.379 e. The molecule has 18 heavy (non-hydrogen) atoms. The first-order chi connectivity index (χ1) is 8.56. The largest absolute Gasteiger partial charge is 0.379 e. The van der Waals surface area contributed by atoms with Crippen LogP contribution in [0.15, 0.2) is 0 Å². The van der Waals surface area contributed by atoms with Crippen LogP contribution in [0.1, 0.15) is 52.9 Å². The lowest BCUT2D eigenvalue weighted by Gasteiger charge is -2.10. The summed E-state index contributed by atoms with van der Waals surface area (Å²) in [5, 5.41) is 2.94. The van der Waals surface area contributed by atoms with Crippen molar-refractivity contribution >= 4 is 5.91 Å². The van der Waals surface area contributed by atoms with Gasteiger partial charge in [0.1, 0.15) is 0 Å². The van der Waals surface area contributed by atoms with Gasteiger partial charge in [-0.15, -0.1) is 0 Å². The SMILES string of the molecule is CC(CCN)CCC(=O)NCCCCOC(C)C. The molecular weight excluding hydrogens is 228 g/mol. The van der Waals surface area contributed by atoms with E-state index in [1.807, 2.05) is 13.8 Å². The van der Waals surface area contributed by atoms with Gasteiger partial charge in [-0.2, -0.15) is 0 Å². The lowest BCUT2D eigenvalue weighted by atomic mass is 10.0. The molecule has 0 rings (SSSR count). The van der Waals surface area contributed by atoms with Crippen LogP contribution in [0.25, 0.3) is 0 Å². The number of nitrogens with one attached hydrogen (secondary N) is 1. The highest BCUT2D eigenvalue weighted by atomic mass is 16.5. The fourth-order valence-corrected chi connectivity index (χ4v) is 1.67.